The standard InChI is InChI=1S/C17H21NO2/c1-13(19)15-9-7-14(8-10-15)6-5-11-18-16(20)12-17(2,3)4/h7-10H,11-12H2,1-4H3,(H,18,20). The van der Waals surface area contributed by atoms with E-state index in [-0.39, 0.29) is 17.1 Å². The summed E-state index contributed by atoms with van der Waals surface area (Å²) in [5.74, 6) is 5.91. The molecule has 0 atom stereocenters. The van der Waals surface area contributed by atoms with E-state index in [2.05, 4.69) is 17.2 Å². The van der Waals surface area contributed by atoms with E-state index in [0.29, 0.717) is 18.5 Å². The molecule has 1 aromatic carbocycles. The molecule has 0 aliphatic rings. The first-order valence-corrected chi connectivity index (χ1v) is 6.64. The number of hydrogen-bond acceptors (Lipinski definition) is 2. The largest absolute Gasteiger partial charge is 0.345 e. The molecule has 0 saturated heterocycles. The minimum Gasteiger partial charge on any atom is -0.345 e. The highest BCUT2D eigenvalue weighted by Crippen LogP contribution is 2.17. The summed E-state index contributed by atoms with van der Waals surface area (Å²) >= 11 is 0. The molecular formula is C17H21NO2. The SMILES string of the molecule is CC(=O)c1ccc(C#CCNC(=O)CC(C)(C)C)cc1. The van der Waals surface area contributed by atoms with Gasteiger partial charge in [-0.3, -0.25) is 9.59 Å². The van der Waals surface area contributed by atoms with Crippen LogP contribution in [0.4, 0.5) is 0 Å². The summed E-state index contributed by atoms with van der Waals surface area (Å²) in [4.78, 5) is 22.7. The highest BCUT2D eigenvalue weighted by molar-refractivity contribution is 5.94. The zero-order valence-electron chi connectivity index (χ0n) is 12.5. The molecule has 106 valence electrons. The second-order valence-electron chi connectivity index (χ2n) is 5.95. The van der Waals surface area contributed by atoms with Gasteiger partial charge in [-0.2, -0.15) is 0 Å². The van der Waals surface area contributed by atoms with Gasteiger partial charge in [0, 0.05) is 17.5 Å². The first kappa shape index (κ1) is 16.0. The predicted molar refractivity (Wildman–Crippen MR) is 80.4 cm³/mol. The summed E-state index contributed by atoms with van der Waals surface area (Å²) in [6.07, 6.45) is 0.488. The van der Waals surface area contributed by atoms with Gasteiger partial charge in [0.05, 0.1) is 6.54 Å². The fraction of sp³-hybridized carbons (Fsp3) is 0.412. The number of nitrogens with one attached hydrogen (secondary N) is 1. The van der Waals surface area contributed by atoms with Crippen LogP contribution in [-0.2, 0) is 4.79 Å². The molecule has 1 aromatic rings. The van der Waals surface area contributed by atoms with Crippen LogP contribution in [0.1, 0.15) is 50.0 Å². The average Bonchev–Trinajstić information content (AvgIpc) is 2.33. The molecule has 0 aromatic heterocycles. The van der Waals surface area contributed by atoms with Crippen molar-refractivity contribution in [1.29, 1.82) is 0 Å². The number of amides is 1. The highest BCUT2D eigenvalue weighted by Gasteiger charge is 2.14. The molecule has 0 radical (unpaired) electrons. The van der Waals surface area contributed by atoms with Crippen LogP contribution in [0.25, 0.3) is 0 Å². The van der Waals surface area contributed by atoms with E-state index in [1.165, 1.54) is 6.92 Å². The fourth-order valence-electron chi connectivity index (χ4n) is 1.62. The van der Waals surface area contributed by atoms with Crippen molar-refractivity contribution in [3.8, 4) is 11.8 Å². The van der Waals surface area contributed by atoms with Crippen LogP contribution in [0.5, 0.6) is 0 Å². The summed E-state index contributed by atoms with van der Waals surface area (Å²) in [5, 5.41) is 2.77. The lowest BCUT2D eigenvalue weighted by molar-refractivity contribution is -0.122. The number of Topliss-reactive ketones (excluding diaryl/α,β-unsaturated/α-hetero) is 1. The van der Waals surface area contributed by atoms with Crippen molar-refractivity contribution in [3.05, 3.63) is 35.4 Å². The second-order valence-corrected chi connectivity index (χ2v) is 5.95. The Labute approximate surface area is 120 Å². The molecule has 1 amide bonds. The Morgan fingerprint density at radius 2 is 1.75 bits per heavy atom. The fourth-order valence-corrected chi connectivity index (χ4v) is 1.62. The Morgan fingerprint density at radius 1 is 1.15 bits per heavy atom. The van der Waals surface area contributed by atoms with Crippen molar-refractivity contribution in [2.24, 2.45) is 5.41 Å². The summed E-state index contributed by atoms with van der Waals surface area (Å²) < 4.78 is 0. The molecule has 0 fully saturated rings. The Balaban J connectivity index is 2.47. The van der Waals surface area contributed by atoms with Crippen molar-refractivity contribution < 1.29 is 9.59 Å². The van der Waals surface area contributed by atoms with Crippen LogP contribution >= 0.6 is 0 Å². The van der Waals surface area contributed by atoms with Gasteiger partial charge < -0.3 is 5.32 Å². The van der Waals surface area contributed by atoms with Crippen molar-refractivity contribution in [1.82, 2.24) is 5.32 Å². The summed E-state index contributed by atoms with van der Waals surface area (Å²) in [6.45, 7) is 7.94. The average molecular weight is 271 g/mol. The molecule has 0 aliphatic carbocycles. The summed E-state index contributed by atoms with van der Waals surface area (Å²) in [5.41, 5.74) is 1.49. The third-order valence-corrected chi connectivity index (χ3v) is 2.59. The quantitative estimate of drug-likeness (QED) is 0.678. The predicted octanol–water partition coefficient (Wildman–Crippen LogP) is 2.79. The highest BCUT2D eigenvalue weighted by atomic mass is 16.1. The minimum atomic E-state index is -0.0139. The van der Waals surface area contributed by atoms with Crippen LogP contribution in [0.2, 0.25) is 0 Å². The van der Waals surface area contributed by atoms with Crippen LogP contribution in [-0.4, -0.2) is 18.2 Å². The number of hydrogen-bond donors (Lipinski definition) is 1. The van der Waals surface area contributed by atoms with Gasteiger partial charge in [-0.15, -0.1) is 0 Å². The molecule has 3 heteroatoms. The normalized spacial score (nSPS) is 10.4. The molecule has 20 heavy (non-hydrogen) atoms. The Kier molecular flexibility index (Phi) is 5.52. The first-order chi connectivity index (χ1) is 9.28. The third kappa shape index (κ3) is 6.19. The molecule has 0 unspecified atom stereocenters. The Bertz CT molecular complexity index is 539. The summed E-state index contributed by atoms with van der Waals surface area (Å²) in [7, 11) is 0. The van der Waals surface area contributed by atoms with Gasteiger partial charge in [-0.1, -0.05) is 44.7 Å². The van der Waals surface area contributed by atoms with E-state index >= 15 is 0 Å². The van der Waals surface area contributed by atoms with Gasteiger partial charge in [0.1, 0.15) is 0 Å². The van der Waals surface area contributed by atoms with E-state index in [4.69, 9.17) is 0 Å². The third-order valence-electron chi connectivity index (χ3n) is 2.59. The van der Waals surface area contributed by atoms with Crippen LogP contribution < -0.4 is 5.32 Å². The Morgan fingerprint density at radius 3 is 2.25 bits per heavy atom. The molecule has 1 N–H and O–H groups in total. The van der Waals surface area contributed by atoms with Crippen LogP contribution in [0.15, 0.2) is 24.3 Å². The maximum atomic E-state index is 11.6. The maximum absolute atomic E-state index is 11.6. The van der Waals surface area contributed by atoms with Crippen molar-refractivity contribution in [2.45, 2.75) is 34.1 Å². The van der Waals surface area contributed by atoms with E-state index < -0.39 is 0 Å². The lowest BCUT2D eigenvalue weighted by atomic mass is 9.92. The van der Waals surface area contributed by atoms with Gasteiger partial charge in [0.15, 0.2) is 5.78 Å². The molecule has 0 spiro atoms. The molecule has 0 saturated carbocycles. The molecule has 1 rings (SSSR count). The number of ketones is 1. The maximum Gasteiger partial charge on any atom is 0.221 e. The first-order valence-electron chi connectivity index (χ1n) is 6.64. The molecule has 0 heterocycles. The Hall–Kier alpha value is -2.08. The van der Waals surface area contributed by atoms with Gasteiger partial charge in [-0.25, -0.2) is 0 Å². The topological polar surface area (TPSA) is 46.2 Å². The zero-order valence-corrected chi connectivity index (χ0v) is 12.5. The van der Waals surface area contributed by atoms with Gasteiger partial charge in [0.25, 0.3) is 0 Å². The van der Waals surface area contributed by atoms with E-state index in [9.17, 15) is 9.59 Å². The lowest BCUT2D eigenvalue weighted by Gasteiger charge is -2.16. The van der Waals surface area contributed by atoms with Crippen LogP contribution in [0.3, 0.4) is 0 Å². The zero-order chi connectivity index (χ0) is 15.2. The van der Waals surface area contributed by atoms with Gasteiger partial charge >= 0.3 is 0 Å². The molecule has 3 nitrogen and oxygen atoms in total. The van der Waals surface area contributed by atoms with E-state index in [1.54, 1.807) is 24.3 Å². The number of benzene rings is 1. The monoisotopic (exact) mass is 271 g/mol. The molecule has 0 bridgehead atoms. The smallest absolute Gasteiger partial charge is 0.221 e. The van der Waals surface area contributed by atoms with Gasteiger partial charge in [-0.05, 0) is 24.5 Å². The number of rotatable bonds is 3. The van der Waals surface area contributed by atoms with E-state index in [0.717, 1.165) is 5.56 Å². The molecular weight excluding hydrogens is 250 g/mol. The molecule has 0 aliphatic heterocycles. The number of carbonyl (C=O) groups is 2. The van der Waals surface area contributed by atoms with Crippen molar-refractivity contribution in [2.75, 3.05) is 6.54 Å². The second kappa shape index (κ2) is 6.91. The van der Waals surface area contributed by atoms with Crippen molar-refractivity contribution >= 4 is 11.7 Å². The number of carbonyl (C=O) groups excluding carboxylic acids is 2. The summed E-state index contributed by atoms with van der Waals surface area (Å²) in [6, 6.07) is 7.12. The van der Waals surface area contributed by atoms with Crippen molar-refractivity contribution in [3.63, 3.8) is 0 Å². The lowest BCUT2D eigenvalue weighted by Crippen LogP contribution is -2.27. The minimum absolute atomic E-state index is 0.0127. The van der Waals surface area contributed by atoms with Gasteiger partial charge in [0.2, 0.25) is 5.91 Å². The van der Waals surface area contributed by atoms with E-state index in [1.807, 2.05) is 20.8 Å². The van der Waals surface area contributed by atoms with Crippen LogP contribution in [0, 0.1) is 17.3 Å².